The minimum Gasteiger partial charge on any atom is -0.465 e. The zero-order valence-corrected chi connectivity index (χ0v) is 7.66. The molecule has 3 heteroatoms. The van der Waals surface area contributed by atoms with Crippen LogP contribution in [0.1, 0.15) is 13.3 Å². The molecule has 0 aliphatic carbocycles. The molecule has 0 aromatic rings. The molecule has 0 atom stereocenters. The number of rotatable bonds is 4. The Hall–Kier alpha value is -0.700. The van der Waals surface area contributed by atoms with E-state index in [1.807, 2.05) is 6.92 Å². The van der Waals surface area contributed by atoms with Gasteiger partial charge in [-0.3, -0.25) is 0 Å². The molecule has 0 fully saturated rings. The number of thioether (sulfide) groups is 1. The van der Waals surface area contributed by atoms with Gasteiger partial charge in [-0.1, -0.05) is 31.8 Å². The van der Waals surface area contributed by atoms with Gasteiger partial charge in [0.05, 0.1) is 12.0 Å². The fraction of sp³-hybridized carbons (Fsp3) is 0.375. The molecule has 0 N–H and O–H groups in total. The summed E-state index contributed by atoms with van der Waals surface area (Å²) >= 11 is 1.27. The van der Waals surface area contributed by atoms with Crippen LogP contribution in [0.5, 0.6) is 0 Å². The highest BCUT2D eigenvalue weighted by atomic mass is 32.2. The SMILES string of the molecule is C=C(CC)SC(=C)C(=O)OC. The van der Waals surface area contributed by atoms with Crippen LogP contribution in [0.3, 0.4) is 0 Å². The van der Waals surface area contributed by atoms with Crippen molar-refractivity contribution in [1.82, 2.24) is 0 Å². The molecule has 0 spiro atoms. The maximum atomic E-state index is 10.8. The Balaban J connectivity index is 3.88. The Morgan fingerprint density at radius 1 is 1.55 bits per heavy atom. The standard InChI is InChI=1S/C8H12O2S/c1-5-6(2)11-7(3)8(9)10-4/h2-3,5H2,1,4H3. The van der Waals surface area contributed by atoms with Gasteiger partial charge in [0, 0.05) is 0 Å². The molecule has 0 aliphatic heterocycles. The minimum absolute atomic E-state index is 0.385. The van der Waals surface area contributed by atoms with Crippen molar-refractivity contribution in [3.8, 4) is 0 Å². The predicted molar refractivity (Wildman–Crippen MR) is 48.2 cm³/mol. The van der Waals surface area contributed by atoms with Gasteiger partial charge in [-0.2, -0.15) is 0 Å². The highest BCUT2D eigenvalue weighted by molar-refractivity contribution is 8.07. The lowest BCUT2D eigenvalue weighted by molar-refractivity contribution is -0.135. The summed E-state index contributed by atoms with van der Waals surface area (Å²) in [4.78, 5) is 12.1. The number of carbonyl (C=O) groups is 1. The first-order valence-corrected chi connectivity index (χ1v) is 4.06. The van der Waals surface area contributed by atoms with Crippen LogP contribution in [-0.4, -0.2) is 13.1 Å². The monoisotopic (exact) mass is 172 g/mol. The van der Waals surface area contributed by atoms with Gasteiger partial charge in [-0.05, 0) is 11.3 Å². The smallest absolute Gasteiger partial charge is 0.344 e. The van der Waals surface area contributed by atoms with Crippen molar-refractivity contribution in [2.24, 2.45) is 0 Å². The maximum Gasteiger partial charge on any atom is 0.344 e. The van der Waals surface area contributed by atoms with E-state index in [-0.39, 0.29) is 5.97 Å². The third-order valence-electron chi connectivity index (χ3n) is 1.07. The van der Waals surface area contributed by atoms with E-state index in [9.17, 15) is 4.79 Å². The molecule has 0 saturated carbocycles. The highest BCUT2D eigenvalue weighted by Crippen LogP contribution is 2.25. The van der Waals surface area contributed by atoms with Crippen LogP contribution in [0, 0.1) is 0 Å². The molecular weight excluding hydrogens is 160 g/mol. The van der Waals surface area contributed by atoms with Gasteiger partial charge < -0.3 is 4.74 Å². The fourth-order valence-corrected chi connectivity index (χ4v) is 1.06. The number of allylic oxidation sites excluding steroid dienone is 1. The van der Waals surface area contributed by atoms with Crippen molar-refractivity contribution in [3.63, 3.8) is 0 Å². The second-order valence-electron chi connectivity index (χ2n) is 1.91. The van der Waals surface area contributed by atoms with Gasteiger partial charge in [0.1, 0.15) is 0 Å². The van der Waals surface area contributed by atoms with E-state index in [0.29, 0.717) is 4.91 Å². The van der Waals surface area contributed by atoms with E-state index in [0.717, 1.165) is 11.3 Å². The number of ether oxygens (including phenoxy) is 1. The lowest BCUT2D eigenvalue weighted by atomic mass is 10.5. The Kier molecular flexibility index (Phi) is 4.70. The van der Waals surface area contributed by atoms with Crippen LogP contribution >= 0.6 is 11.8 Å². The number of carbonyl (C=O) groups excluding carboxylic acids is 1. The van der Waals surface area contributed by atoms with E-state index >= 15 is 0 Å². The Labute approximate surface area is 71.3 Å². The van der Waals surface area contributed by atoms with E-state index in [2.05, 4.69) is 17.9 Å². The number of methoxy groups -OCH3 is 1. The molecule has 0 unspecified atom stereocenters. The first-order chi connectivity index (χ1) is 5.11. The second kappa shape index (κ2) is 5.02. The summed E-state index contributed by atoms with van der Waals surface area (Å²) in [5.41, 5.74) is 0. The molecule has 62 valence electrons. The van der Waals surface area contributed by atoms with Crippen LogP contribution in [0.4, 0.5) is 0 Å². The van der Waals surface area contributed by atoms with E-state index in [1.165, 1.54) is 18.9 Å². The topological polar surface area (TPSA) is 26.3 Å². The van der Waals surface area contributed by atoms with E-state index in [1.54, 1.807) is 0 Å². The first-order valence-electron chi connectivity index (χ1n) is 3.24. The summed E-state index contributed by atoms with van der Waals surface area (Å²) in [5.74, 6) is -0.385. The lowest BCUT2D eigenvalue weighted by Gasteiger charge is -2.02. The third-order valence-corrected chi connectivity index (χ3v) is 2.07. The van der Waals surface area contributed by atoms with Crippen molar-refractivity contribution >= 4 is 17.7 Å². The number of hydrogen-bond acceptors (Lipinski definition) is 3. The Bertz CT molecular complexity index is 185. The summed E-state index contributed by atoms with van der Waals surface area (Å²) in [5, 5.41) is 0. The molecule has 0 heterocycles. The second-order valence-corrected chi connectivity index (χ2v) is 3.18. The van der Waals surface area contributed by atoms with Gasteiger partial charge >= 0.3 is 5.97 Å². The molecule has 0 saturated heterocycles. The quantitative estimate of drug-likeness (QED) is 0.481. The summed E-state index contributed by atoms with van der Waals surface area (Å²) in [7, 11) is 1.34. The van der Waals surface area contributed by atoms with Crippen molar-refractivity contribution in [2.45, 2.75) is 13.3 Å². The third kappa shape index (κ3) is 3.88. The highest BCUT2D eigenvalue weighted by Gasteiger charge is 2.07. The van der Waals surface area contributed by atoms with Crippen LogP contribution < -0.4 is 0 Å². The molecule has 0 amide bonds. The minimum atomic E-state index is -0.385. The average Bonchev–Trinajstić information content (AvgIpc) is 2.02. The molecule has 0 radical (unpaired) electrons. The molecular formula is C8H12O2S. The van der Waals surface area contributed by atoms with E-state index in [4.69, 9.17) is 0 Å². The molecule has 0 bridgehead atoms. The summed E-state index contributed by atoms with van der Waals surface area (Å²) in [6.45, 7) is 9.24. The van der Waals surface area contributed by atoms with E-state index < -0.39 is 0 Å². The van der Waals surface area contributed by atoms with Crippen molar-refractivity contribution in [2.75, 3.05) is 7.11 Å². The van der Waals surface area contributed by atoms with Gasteiger partial charge in [-0.25, -0.2) is 4.79 Å². The Morgan fingerprint density at radius 3 is 2.45 bits per heavy atom. The zero-order chi connectivity index (χ0) is 8.85. The van der Waals surface area contributed by atoms with Crippen LogP contribution in [0.2, 0.25) is 0 Å². The summed E-state index contributed by atoms with van der Waals surface area (Å²) < 4.78 is 4.46. The largest absolute Gasteiger partial charge is 0.465 e. The molecule has 0 rings (SSSR count). The number of esters is 1. The molecule has 0 aromatic heterocycles. The fourth-order valence-electron chi connectivity index (χ4n) is 0.402. The van der Waals surface area contributed by atoms with Gasteiger partial charge in [0.15, 0.2) is 0 Å². The number of hydrogen-bond donors (Lipinski definition) is 0. The van der Waals surface area contributed by atoms with Crippen molar-refractivity contribution in [3.05, 3.63) is 23.0 Å². The first kappa shape index (κ1) is 10.3. The van der Waals surface area contributed by atoms with Crippen LogP contribution in [0.25, 0.3) is 0 Å². The van der Waals surface area contributed by atoms with Gasteiger partial charge in [0.2, 0.25) is 0 Å². The maximum absolute atomic E-state index is 10.8. The molecule has 0 aliphatic rings. The molecule has 11 heavy (non-hydrogen) atoms. The van der Waals surface area contributed by atoms with Crippen molar-refractivity contribution < 1.29 is 9.53 Å². The summed E-state index contributed by atoms with van der Waals surface area (Å²) in [6, 6.07) is 0. The normalized spacial score (nSPS) is 8.91. The van der Waals surface area contributed by atoms with Crippen molar-refractivity contribution in [1.29, 1.82) is 0 Å². The van der Waals surface area contributed by atoms with Gasteiger partial charge in [0.25, 0.3) is 0 Å². The molecule has 2 nitrogen and oxygen atoms in total. The van der Waals surface area contributed by atoms with Crippen LogP contribution in [-0.2, 0) is 9.53 Å². The summed E-state index contributed by atoms with van der Waals surface area (Å²) in [6.07, 6.45) is 0.834. The average molecular weight is 172 g/mol. The molecule has 0 aromatic carbocycles. The lowest BCUT2D eigenvalue weighted by Crippen LogP contribution is -2.00. The van der Waals surface area contributed by atoms with Crippen LogP contribution in [0.15, 0.2) is 23.0 Å². The predicted octanol–water partition coefficient (Wildman–Crippen LogP) is 2.33. The Morgan fingerprint density at radius 2 is 2.09 bits per heavy atom. The van der Waals surface area contributed by atoms with Gasteiger partial charge in [-0.15, -0.1) is 0 Å². The zero-order valence-electron chi connectivity index (χ0n) is 6.85.